The summed E-state index contributed by atoms with van der Waals surface area (Å²) in [6.07, 6.45) is -82.0. The smallest absolute Gasteiger partial charge is 0.187 e. The van der Waals surface area contributed by atoms with Gasteiger partial charge < -0.3 is 198 Å². The van der Waals surface area contributed by atoms with Crippen molar-refractivity contribution in [2.45, 2.75) is 246 Å². The van der Waals surface area contributed by atoms with Gasteiger partial charge in [0.05, 0.1) is 52.9 Å². The van der Waals surface area contributed by atoms with E-state index in [4.69, 9.17) is 75.8 Å². The Morgan fingerprint density at radius 3 is 0.307 bits per heavy atom. The Labute approximate surface area is 496 Å². The third kappa shape index (κ3) is 13.8. The van der Waals surface area contributed by atoms with Crippen LogP contribution in [-0.4, -0.2) is 421 Å². The highest BCUT2D eigenvalue weighted by Crippen LogP contribution is 2.40. The molecule has 0 aliphatic carbocycles. The number of hydrogen-bond donors (Lipinski definition) is 24. The van der Waals surface area contributed by atoms with Crippen molar-refractivity contribution in [1.82, 2.24) is 0 Å². The van der Waals surface area contributed by atoms with E-state index in [1.807, 2.05) is 0 Å². The summed E-state index contributed by atoms with van der Waals surface area (Å²) in [5, 5.41) is 265. The predicted molar refractivity (Wildman–Crippen MR) is 261 cm³/mol. The summed E-state index contributed by atoms with van der Waals surface area (Å²) in [5.74, 6) is 0. The van der Waals surface area contributed by atoms with Gasteiger partial charge in [0, 0.05) is 0 Å². The molecule has 0 amide bonds. The first-order valence-corrected chi connectivity index (χ1v) is 28.1. The summed E-state index contributed by atoms with van der Waals surface area (Å²) in [6, 6.07) is 0. The van der Waals surface area contributed by atoms with Crippen LogP contribution in [0, 0.1) is 0 Å². The van der Waals surface area contributed by atoms with E-state index in [1.165, 1.54) is 0 Å². The van der Waals surface area contributed by atoms with Crippen LogP contribution >= 0.6 is 0 Å². The van der Waals surface area contributed by atoms with Crippen molar-refractivity contribution in [2.24, 2.45) is 0 Å². The van der Waals surface area contributed by atoms with Crippen molar-refractivity contribution in [1.29, 1.82) is 0 Å². The van der Waals surface area contributed by atoms with Gasteiger partial charge in [-0.25, -0.2) is 0 Å². The van der Waals surface area contributed by atoms with E-state index in [2.05, 4.69) is 0 Å². The van der Waals surface area contributed by atoms with Crippen LogP contribution in [-0.2, 0) is 75.8 Å². The van der Waals surface area contributed by atoms with E-state index < -0.39 is 299 Å². The number of rotatable bonds is 8. The molecule has 30 aliphatic rings. The largest absolute Gasteiger partial charge is 0.394 e. The monoisotopic (exact) mass is 1300 g/mol. The van der Waals surface area contributed by atoms with Gasteiger partial charge in [0.15, 0.2) is 50.3 Å². The van der Waals surface area contributed by atoms with Gasteiger partial charge in [-0.2, -0.15) is 0 Å². The second-order valence-corrected chi connectivity index (χ2v) is 22.5. The van der Waals surface area contributed by atoms with Gasteiger partial charge in [-0.15, -0.1) is 0 Å². The topological polar surface area (TPSA) is 633 Å². The zero-order chi connectivity index (χ0) is 64.1. The second kappa shape index (κ2) is 30.0. The predicted octanol–water partition coefficient (Wildman–Crippen LogP) is -17.4. The van der Waals surface area contributed by atoms with Crippen LogP contribution < -0.4 is 0 Å². The van der Waals surface area contributed by atoms with Crippen LogP contribution in [0.2, 0.25) is 0 Å². The Balaban J connectivity index is 0.975. The molecule has 88 heavy (non-hydrogen) atoms. The molecule has 30 heterocycles. The fourth-order valence-corrected chi connectivity index (χ4v) is 11.9. The molecule has 0 radical (unpaired) electrons. The lowest BCUT2D eigenvalue weighted by molar-refractivity contribution is -0.404. The number of hydrogen-bond acceptors (Lipinski definition) is 40. The zero-order valence-corrected chi connectivity index (χ0v) is 46.0. The first-order chi connectivity index (χ1) is 41.9. The molecular weight excluding hydrogens is 1220 g/mol. The third-order valence-electron chi connectivity index (χ3n) is 16.9. The summed E-state index contributed by atoms with van der Waals surface area (Å²) in [6.45, 7) is -8.64. The molecule has 512 valence electrons. The Morgan fingerprint density at radius 2 is 0.227 bits per heavy atom. The molecule has 24 N–H and O–H groups in total. The van der Waals surface area contributed by atoms with Crippen molar-refractivity contribution >= 4 is 0 Å². The standard InChI is InChI=1S/C48H80O40/c49-1-9-33-17(57)25(65)41(73-9)82-34-10(2-50)75-43(27(67)19(34)59)84-36-12(4-52)77-45(29(69)21(36)61)86-38-14(6-54)79-47(31(71)23(38)63)88-40-16(8-56)80-48(32(72)24(40)64)87-39-15(7-55)78-46(30(70)22(39)62)85-37-13(5-53)76-44(28(68)20(37)60)83-35-11(3-51)74-42(81-33)26(66)18(35)58/h9-72H,1-8H2/t9-,10-,11-,12-,13-,14-,15-,16-,17+,18+,19+,20+,21+,22+,23+,24+,25-,26-,27-,28-,29-,30-,31-,32-,33-,34-,35-,36-,37-,38-,39-,40-,41-,42-,43-,44-,45-,46-,47-,48-/m1/s1. The van der Waals surface area contributed by atoms with Crippen molar-refractivity contribution < 1.29 is 198 Å². The molecule has 0 unspecified atom stereocenters. The van der Waals surface area contributed by atoms with E-state index in [-0.39, 0.29) is 0 Å². The molecule has 30 saturated heterocycles. The van der Waals surface area contributed by atoms with Gasteiger partial charge in [-0.3, -0.25) is 0 Å². The van der Waals surface area contributed by atoms with Crippen LogP contribution in [0.4, 0.5) is 0 Å². The van der Waals surface area contributed by atoms with Crippen LogP contribution in [0.25, 0.3) is 0 Å². The molecule has 0 aromatic heterocycles. The highest BCUT2D eigenvalue weighted by atomic mass is 16.8. The molecule has 0 aromatic rings. The zero-order valence-electron chi connectivity index (χ0n) is 46.0. The van der Waals surface area contributed by atoms with E-state index in [0.29, 0.717) is 0 Å². The number of aliphatic hydroxyl groups is 24. The highest BCUT2D eigenvalue weighted by molar-refractivity contribution is 5.02. The Kier molecular flexibility index (Phi) is 24.1. The molecule has 30 fully saturated rings. The minimum absolute atomic E-state index is 1.08. The molecule has 0 spiro atoms. The van der Waals surface area contributed by atoms with E-state index in [0.717, 1.165) is 0 Å². The quantitative estimate of drug-likeness (QED) is 0.107. The maximum atomic E-state index is 11.4. The van der Waals surface area contributed by atoms with Gasteiger partial charge in [0.25, 0.3) is 0 Å². The summed E-state index contributed by atoms with van der Waals surface area (Å²) in [4.78, 5) is 0. The van der Waals surface area contributed by atoms with Gasteiger partial charge in [0.2, 0.25) is 0 Å². The maximum absolute atomic E-state index is 11.4. The van der Waals surface area contributed by atoms with Gasteiger partial charge in [-0.05, 0) is 0 Å². The normalized spacial score (nSPS) is 55.4. The number of aliphatic hydroxyl groups excluding tert-OH is 24. The first kappa shape index (κ1) is 70.7. The summed E-state index contributed by atoms with van der Waals surface area (Å²) < 4.78 is 91.1. The van der Waals surface area contributed by atoms with Gasteiger partial charge in [-0.1, -0.05) is 0 Å². The summed E-state index contributed by atoms with van der Waals surface area (Å²) in [5.41, 5.74) is 0. The highest BCUT2D eigenvalue weighted by Gasteiger charge is 2.60. The fraction of sp³-hybridized carbons (Fsp3) is 1.00. The van der Waals surface area contributed by atoms with Crippen LogP contribution in [0.3, 0.4) is 0 Å². The molecule has 16 bridgehead atoms. The molecule has 40 atom stereocenters. The maximum Gasteiger partial charge on any atom is 0.187 e. The molecule has 0 saturated carbocycles. The molecular formula is C48H80O40. The lowest BCUT2D eigenvalue weighted by atomic mass is 9.94. The van der Waals surface area contributed by atoms with Crippen LogP contribution in [0.1, 0.15) is 0 Å². The van der Waals surface area contributed by atoms with E-state index >= 15 is 0 Å². The lowest BCUT2D eigenvalue weighted by Gasteiger charge is -2.50. The molecule has 0 aromatic carbocycles. The minimum atomic E-state index is -2.25. The van der Waals surface area contributed by atoms with Gasteiger partial charge >= 0.3 is 0 Å². The first-order valence-electron chi connectivity index (χ1n) is 28.1. The van der Waals surface area contributed by atoms with Crippen molar-refractivity contribution in [2.75, 3.05) is 52.9 Å². The third-order valence-corrected chi connectivity index (χ3v) is 16.9. The summed E-state index contributed by atoms with van der Waals surface area (Å²) in [7, 11) is 0. The average Bonchev–Trinajstić information content (AvgIpc) is 1.09. The molecule has 30 aliphatic heterocycles. The van der Waals surface area contributed by atoms with Crippen LogP contribution in [0.5, 0.6) is 0 Å². The Bertz CT molecular complexity index is 1700. The minimum Gasteiger partial charge on any atom is -0.394 e. The summed E-state index contributed by atoms with van der Waals surface area (Å²) >= 11 is 0. The van der Waals surface area contributed by atoms with Crippen molar-refractivity contribution in [3.8, 4) is 0 Å². The number of ether oxygens (including phenoxy) is 16. The van der Waals surface area contributed by atoms with Crippen molar-refractivity contribution in [3.63, 3.8) is 0 Å². The fourth-order valence-electron chi connectivity index (χ4n) is 11.9. The Morgan fingerprint density at radius 1 is 0.136 bits per heavy atom. The van der Waals surface area contributed by atoms with Gasteiger partial charge in [0.1, 0.15) is 195 Å². The Hall–Kier alpha value is -1.60. The molecule has 30 rings (SSSR count). The van der Waals surface area contributed by atoms with E-state index in [9.17, 15) is 123 Å². The SMILES string of the molecule is OC[C@H]1O[C@@H]2O[C@H]3[C@@H](O)[C@@H](O)[C@@H](O[C@H]4[C@@H](O)[C@@H](O)[C@@H](O[C@H]5[C@@H](O)[C@@H](O)[C@@H](O[C@H]6[C@@H](O)[C@@H](O)[C@@H](O[C@H]7[C@@H](O)[C@@H](O)[C@@H](O[C@H]8[C@@H](O)[C@@H](O)[C@@H](O[C@H]9[C@@H](O)[C@@H](O)[C@@H](O[C@H]1[C@@H](O)[C@H]2O)O[C@@H]9CO)O[C@@H]8CO)O[C@@H]7CO)O[C@@H]6CO)O[C@@H]5CO)O[C@@H]4CO)O[C@@H]3CO. The average molecular weight is 1300 g/mol. The molecule has 40 nitrogen and oxygen atoms in total. The van der Waals surface area contributed by atoms with Crippen molar-refractivity contribution in [3.05, 3.63) is 0 Å². The lowest BCUT2D eigenvalue weighted by Crippen LogP contribution is -2.69. The van der Waals surface area contributed by atoms with E-state index in [1.54, 1.807) is 0 Å². The van der Waals surface area contributed by atoms with Crippen LogP contribution in [0.15, 0.2) is 0 Å². The molecule has 40 heteroatoms. The second-order valence-electron chi connectivity index (χ2n) is 22.5.